The summed E-state index contributed by atoms with van der Waals surface area (Å²) >= 11 is 1.72. The van der Waals surface area contributed by atoms with Crippen molar-refractivity contribution in [2.75, 3.05) is 0 Å². The molecule has 1 aromatic carbocycles. The number of thiophene rings is 1. The Morgan fingerprint density at radius 1 is 1.13 bits per heavy atom. The first-order valence-electron chi connectivity index (χ1n) is 5.05. The first kappa shape index (κ1) is 10.4. The molecule has 0 saturated carbocycles. The van der Waals surface area contributed by atoms with E-state index in [-0.39, 0.29) is 0 Å². The molecule has 78 valence electrons. The van der Waals surface area contributed by atoms with Gasteiger partial charge in [-0.15, -0.1) is 0 Å². The molecular formula is C13H15NS. The molecule has 0 saturated heterocycles. The molecule has 0 spiro atoms. The van der Waals surface area contributed by atoms with Gasteiger partial charge in [0.25, 0.3) is 0 Å². The molecule has 2 aromatic rings. The molecule has 0 bridgehead atoms. The van der Waals surface area contributed by atoms with Crippen LogP contribution in [0.25, 0.3) is 11.1 Å². The predicted molar refractivity (Wildman–Crippen MR) is 67.1 cm³/mol. The second kappa shape index (κ2) is 4.17. The van der Waals surface area contributed by atoms with Gasteiger partial charge in [-0.3, -0.25) is 0 Å². The van der Waals surface area contributed by atoms with Crippen molar-refractivity contribution < 1.29 is 0 Å². The fourth-order valence-corrected chi connectivity index (χ4v) is 2.61. The molecule has 0 radical (unpaired) electrons. The number of nitrogens with two attached hydrogens (primary N) is 1. The van der Waals surface area contributed by atoms with E-state index in [1.807, 2.05) is 0 Å². The molecule has 0 unspecified atom stereocenters. The van der Waals surface area contributed by atoms with E-state index in [1.165, 1.54) is 27.8 Å². The molecule has 1 nitrogen and oxygen atoms in total. The molecule has 1 aromatic heterocycles. The van der Waals surface area contributed by atoms with Gasteiger partial charge in [-0.1, -0.05) is 23.8 Å². The van der Waals surface area contributed by atoms with Gasteiger partial charge in [-0.05, 0) is 46.9 Å². The molecule has 0 atom stereocenters. The minimum absolute atomic E-state index is 0.617. The van der Waals surface area contributed by atoms with E-state index in [2.05, 4.69) is 42.8 Å². The molecule has 0 aliphatic heterocycles. The van der Waals surface area contributed by atoms with Crippen molar-refractivity contribution in [3.05, 3.63) is 45.6 Å². The van der Waals surface area contributed by atoms with Gasteiger partial charge in [-0.2, -0.15) is 11.3 Å². The summed E-state index contributed by atoms with van der Waals surface area (Å²) in [7, 11) is 0. The lowest BCUT2D eigenvalue weighted by atomic mass is 9.98. The van der Waals surface area contributed by atoms with Crippen LogP contribution in [-0.2, 0) is 6.54 Å². The highest BCUT2D eigenvalue weighted by Crippen LogP contribution is 2.30. The standard InChI is InChI=1S/C13H15NS/c1-9-3-4-10(2)12(5-9)13-8-15-7-11(13)6-14/h3-5,7-8H,6,14H2,1-2H3. The molecule has 0 aliphatic rings. The van der Waals surface area contributed by atoms with Crippen LogP contribution in [0.1, 0.15) is 16.7 Å². The second-order valence-corrected chi connectivity index (χ2v) is 4.58. The van der Waals surface area contributed by atoms with Crippen molar-refractivity contribution in [3.63, 3.8) is 0 Å². The predicted octanol–water partition coefficient (Wildman–Crippen LogP) is 3.49. The Hall–Kier alpha value is -1.12. The normalized spacial score (nSPS) is 10.6. The van der Waals surface area contributed by atoms with Crippen LogP contribution in [0.4, 0.5) is 0 Å². The number of aryl methyl sites for hydroxylation is 2. The van der Waals surface area contributed by atoms with Gasteiger partial charge in [0.05, 0.1) is 0 Å². The smallest absolute Gasteiger partial charge is 0.0192 e. The van der Waals surface area contributed by atoms with E-state index in [9.17, 15) is 0 Å². The Bertz CT molecular complexity index is 471. The summed E-state index contributed by atoms with van der Waals surface area (Å²) in [5.74, 6) is 0. The highest BCUT2D eigenvalue weighted by molar-refractivity contribution is 7.08. The summed E-state index contributed by atoms with van der Waals surface area (Å²) in [5, 5.41) is 4.32. The molecule has 0 amide bonds. The van der Waals surface area contributed by atoms with Crippen molar-refractivity contribution in [1.29, 1.82) is 0 Å². The first-order chi connectivity index (χ1) is 7.22. The number of rotatable bonds is 2. The molecule has 0 fully saturated rings. The molecule has 2 heteroatoms. The molecule has 1 heterocycles. The molecule has 2 rings (SSSR count). The summed E-state index contributed by atoms with van der Waals surface area (Å²) in [6.45, 7) is 4.89. The number of hydrogen-bond acceptors (Lipinski definition) is 2. The second-order valence-electron chi connectivity index (χ2n) is 3.83. The van der Waals surface area contributed by atoms with Gasteiger partial charge in [0, 0.05) is 6.54 Å². The van der Waals surface area contributed by atoms with Gasteiger partial charge in [0.1, 0.15) is 0 Å². The fourth-order valence-electron chi connectivity index (χ4n) is 1.74. The Labute approximate surface area is 94.6 Å². The van der Waals surface area contributed by atoms with Crippen LogP contribution >= 0.6 is 11.3 Å². The van der Waals surface area contributed by atoms with E-state index < -0.39 is 0 Å². The monoisotopic (exact) mass is 217 g/mol. The number of benzene rings is 1. The number of hydrogen-bond donors (Lipinski definition) is 1. The third-order valence-electron chi connectivity index (χ3n) is 2.65. The highest BCUT2D eigenvalue weighted by atomic mass is 32.1. The Morgan fingerprint density at radius 3 is 2.67 bits per heavy atom. The first-order valence-corrected chi connectivity index (χ1v) is 5.99. The fraction of sp³-hybridized carbons (Fsp3) is 0.231. The summed E-state index contributed by atoms with van der Waals surface area (Å²) in [5.41, 5.74) is 12.2. The topological polar surface area (TPSA) is 26.0 Å². The van der Waals surface area contributed by atoms with Gasteiger partial charge in [0.2, 0.25) is 0 Å². The summed E-state index contributed by atoms with van der Waals surface area (Å²) in [4.78, 5) is 0. The minimum Gasteiger partial charge on any atom is -0.326 e. The Kier molecular flexibility index (Phi) is 2.89. The van der Waals surface area contributed by atoms with Gasteiger partial charge in [-0.25, -0.2) is 0 Å². The van der Waals surface area contributed by atoms with E-state index in [0.717, 1.165) is 0 Å². The van der Waals surface area contributed by atoms with Crippen molar-refractivity contribution in [2.24, 2.45) is 5.73 Å². The average Bonchev–Trinajstić information content (AvgIpc) is 2.69. The minimum atomic E-state index is 0.617. The molecule has 15 heavy (non-hydrogen) atoms. The third-order valence-corrected chi connectivity index (χ3v) is 3.44. The molecule has 0 aliphatic carbocycles. The van der Waals surface area contributed by atoms with Crippen LogP contribution in [0.3, 0.4) is 0 Å². The van der Waals surface area contributed by atoms with E-state index in [0.29, 0.717) is 6.54 Å². The lowest BCUT2D eigenvalue weighted by Gasteiger charge is -2.07. The quantitative estimate of drug-likeness (QED) is 0.818. The maximum Gasteiger partial charge on any atom is 0.0192 e. The van der Waals surface area contributed by atoms with Crippen LogP contribution < -0.4 is 5.73 Å². The third kappa shape index (κ3) is 1.96. The molecular weight excluding hydrogens is 202 g/mol. The zero-order valence-electron chi connectivity index (χ0n) is 9.08. The maximum absolute atomic E-state index is 5.73. The van der Waals surface area contributed by atoms with Crippen LogP contribution in [0.2, 0.25) is 0 Å². The van der Waals surface area contributed by atoms with Gasteiger partial charge in [0.15, 0.2) is 0 Å². The van der Waals surface area contributed by atoms with E-state index in [4.69, 9.17) is 5.73 Å². The van der Waals surface area contributed by atoms with Crippen LogP contribution in [0, 0.1) is 13.8 Å². The van der Waals surface area contributed by atoms with Crippen molar-refractivity contribution in [3.8, 4) is 11.1 Å². The van der Waals surface area contributed by atoms with E-state index in [1.54, 1.807) is 11.3 Å². The van der Waals surface area contributed by atoms with Gasteiger partial charge >= 0.3 is 0 Å². The summed E-state index contributed by atoms with van der Waals surface area (Å²) < 4.78 is 0. The Balaban J connectivity index is 2.58. The lowest BCUT2D eigenvalue weighted by molar-refractivity contribution is 1.08. The van der Waals surface area contributed by atoms with Crippen LogP contribution in [-0.4, -0.2) is 0 Å². The average molecular weight is 217 g/mol. The zero-order chi connectivity index (χ0) is 10.8. The highest BCUT2D eigenvalue weighted by Gasteiger charge is 2.07. The molecule has 2 N–H and O–H groups in total. The largest absolute Gasteiger partial charge is 0.326 e. The summed E-state index contributed by atoms with van der Waals surface area (Å²) in [6.07, 6.45) is 0. The maximum atomic E-state index is 5.73. The van der Waals surface area contributed by atoms with Gasteiger partial charge < -0.3 is 5.73 Å². The van der Waals surface area contributed by atoms with Crippen molar-refractivity contribution in [1.82, 2.24) is 0 Å². The lowest BCUT2D eigenvalue weighted by Crippen LogP contribution is -1.96. The van der Waals surface area contributed by atoms with Crippen LogP contribution in [0.15, 0.2) is 29.0 Å². The zero-order valence-corrected chi connectivity index (χ0v) is 9.90. The Morgan fingerprint density at radius 2 is 1.93 bits per heavy atom. The summed E-state index contributed by atoms with van der Waals surface area (Å²) in [6, 6.07) is 6.55. The van der Waals surface area contributed by atoms with Crippen molar-refractivity contribution >= 4 is 11.3 Å². The van der Waals surface area contributed by atoms with Crippen molar-refractivity contribution in [2.45, 2.75) is 20.4 Å². The SMILES string of the molecule is Cc1ccc(C)c(-c2cscc2CN)c1. The van der Waals surface area contributed by atoms with Crippen LogP contribution in [0.5, 0.6) is 0 Å². The van der Waals surface area contributed by atoms with E-state index >= 15 is 0 Å².